The Kier molecular flexibility index (Phi) is 5.26. The van der Waals surface area contributed by atoms with Gasteiger partial charge in [-0.3, -0.25) is 4.79 Å². The first-order valence-electron chi connectivity index (χ1n) is 6.92. The maximum absolute atomic E-state index is 11.6. The van der Waals surface area contributed by atoms with Gasteiger partial charge in [0.05, 0.1) is 6.54 Å². The molecule has 0 radical (unpaired) electrons. The van der Waals surface area contributed by atoms with Crippen LogP contribution in [0.4, 0.5) is 0 Å². The summed E-state index contributed by atoms with van der Waals surface area (Å²) < 4.78 is 5.26. The summed E-state index contributed by atoms with van der Waals surface area (Å²) in [7, 11) is 0. The molecular weight excluding hydrogens is 216 g/mol. The van der Waals surface area contributed by atoms with E-state index in [1.54, 1.807) is 0 Å². The van der Waals surface area contributed by atoms with Gasteiger partial charge in [-0.15, -0.1) is 0 Å². The zero-order chi connectivity index (χ0) is 11.9. The monoisotopic (exact) mass is 240 g/mol. The molecule has 2 rings (SSSR count). The minimum Gasteiger partial charge on any atom is -0.381 e. The number of hydrogen-bond acceptors (Lipinski definition) is 3. The van der Waals surface area contributed by atoms with Gasteiger partial charge in [0.15, 0.2) is 0 Å². The van der Waals surface area contributed by atoms with E-state index in [0.717, 1.165) is 38.5 Å². The van der Waals surface area contributed by atoms with Crippen LogP contribution in [0.25, 0.3) is 0 Å². The molecule has 4 nitrogen and oxygen atoms in total. The Morgan fingerprint density at radius 1 is 1.18 bits per heavy atom. The van der Waals surface area contributed by atoms with E-state index in [1.165, 1.54) is 25.7 Å². The third kappa shape index (κ3) is 4.64. The Labute approximate surface area is 103 Å². The van der Waals surface area contributed by atoms with Gasteiger partial charge in [0, 0.05) is 19.3 Å². The van der Waals surface area contributed by atoms with Gasteiger partial charge < -0.3 is 15.4 Å². The summed E-state index contributed by atoms with van der Waals surface area (Å²) in [5.41, 5.74) is 0. The predicted octanol–water partition coefficient (Wildman–Crippen LogP) is 1.06. The fraction of sp³-hybridized carbons (Fsp3) is 0.923. The summed E-state index contributed by atoms with van der Waals surface area (Å²) in [5.74, 6) is 1.05. The highest BCUT2D eigenvalue weighted by molar-refractivity contribution is 5.78. The van der Waals surface area contributed by atoms with Crippen LogP contribution < -0.4 is 10.6 Å². The van der Waals surface area contributed by atoms with Crippen molar-refractivity contribution in [3.05, 3.63) is 0 Å². The molecule has 17 heavy (non-hydrogen) atoms. The molecule has 98 valence electrons. The molecule has 2 fully saturated rings. The van der Waals surface area contributed by atoms with Crippen molar-refractivity contribution in [3.8, 4) is 0 Å². The minimum atomic E-state index is 0.130. The van der Waals surface area contributed by atoms with E-state index < -0.39 is 0 Å². The SMILES string of the molecule is O=C(CNCCC1CCC1)NC1CCOCC1. The molecule has 0 aromatic heterocycles. The summed E-state index contributed by atoms with van der Waals surface area (Å²) in [6.45, 7) is 3.00. The molecule has 0 unspecified atom stereocenters. The third-order valence-corrected chi connectivity index (χ3v) is 3.83. The van der Waals surface area contributed by atoms with Gasteiger partial charge >= 0.3 is 0 Å². The van der Waals surface area contributed by atoms with Crippen molar-refractivity contribution >= 4 is 5.91 Å². The quantitative estimate of drug-likeness (QED) is 0.683. The van der Waals surface area contributed by atoms with E-state index in [1.807, 2.05) is 0 Å². The van der Waals surface area contributed by atoms with Gasteiger partial charge in [0.1, 0.15) is 0 Å². The molecule has 0 bridgehead atoms. The van der Waals surface area contributed by atoms with Crippen molar-refractivity contribution < 1.29 is 9.53 Å². The second kappa shape index (κ2) is 6.97. The van der Waals surface area contributed by atoms with E-state index in [4.69, 9.17) is 4.74 Å². The second-order valence-corrected chi connectivity index (χ2v) is 5.22. The van der Waals surface area contributed by atoms with Gasteiger partial charge in [-0.2, -0.15) is 0 Å². The molecule has 0 aromatic rings. The minimum absolute atomic E-state index is 0.130. The average molecular weight is 240 g/mol. The predicted molar refractivity (Wildman–Crippen MR) is 66.8 cm³/mol. The van der Waals surface area contributed by atoms with Gasteiger partial charge in [-0.1, -0.05) is 19.3 Å². The molecular formula is C13H24N2O2. The highest BCUT2D eigenvalue weighted by Crippen LogP contribution is 2.28. The zero-order valence-electron chi connectivity index (χ0n) is 10.5. The summed E-state index contributed by atoms with van der Waals surface area (Å²) in [6, 6.07) is 0.324. The van der Waals surface area contributed by atoms with Crippen molar-refractivity contribution in [2.45, 2.75) is 44.6 Å². The number of nitrogens with one attached hydrogen (secondary N) is 2. The van der Waals surface area contributed by atoms with E-state index in [0.29, 0.717) is 12.6 Å². The zero-order valence-corrected chi connectivity index (χ0v) is 10.5. The van der Waals surface area contributed by atoms with Crippen LogP contribution >= 0.6 is 0 Å². The maximum atomic E-state index is 11.6. The van der Waals surface area contributed by atoms with Crippen molar-refractivity contribution in [1.29, 1.82) is 0 Å². The molecule has 0 spiro atoms. The molecule has 2 aliphatic rings. The lowest BCUT2D eigenvalue weighted by Crippen LogP contribution is -2.43. The normalized spacial score (nSPS) is 22.1. The number of ether oxygens (including phenoxy) is 1. The summed E-state index contributed by atoms with van der Waals surface area (Å²) >= 11 is 0. The van der Waals surface area contributed by atoms with Crippen LogP contribution in [0.1, 0.15) is 38.5 Å². The van der Waals surface area contributed by atoms with Crippen molar-refractivity contribution in [2.75, 3.05) is 26.3 Å². The van der Waals surface area contributed by atoms with E-state index in [9.17, 15) is 4.79 Å². The van der Waals surface area contributed by atoms with Crippen LogP contribution in [0.5, 0.6) is 0 Å². The number of carbonyl (C=O) groups is 1. The maximum Gasteiger partial charge on any atom is 0.234 e. The number of hydrogen-bond donors (Lipinski definition) is 2. The van der Waals surface area contributed by atoms with Gasteiger partial charge in [0.2, 0.25) is 5.91 Å². The molecule has 2 N–H and O–H groups in total. The molecule has 1 amide bonds. The fourth-order valence-corrected chi connectivity index (χ4v) is 2.41. The van der Waals surface area contributed by atoms with E-state index in [-0.39, 0.29) is 5.91 Å². The van der Waals surface area contributed by atoms with Crippen LogP contribution in [0.2, 0.25) is 0 Å². The summed E-state index contributed by atoms with van der Waals surface area (Å²) in [4.78, 5) is 11.6. The first-order chi connectivity index (χ1) is 8.34. The average Bonchev–Trinajstić information content (AvgIpc) is 2.27. The second-order valence-electron chi connectivity index (χ2n) is 5.22. The van der Waals surface area contributed by atoms with Crippen LogP contribution in [0.3, 0.4) is 0 Å². The lowest BCUT2D eigenvalue weighted by atomic mass is 9.83. The lowest BCUT2D eigenvalue weighted by Gasteiger charge is -2.25. The van der Waals surface area contributed by atoms with Crippen LogP contribution in [-0.4, -0.2) is 38.3 Å². The lowest BCUT2D eigenvalue weighted by molar-refractivity contribution is -0.121. The van der Waals surface area contributed by atoms with Crippen LogP contribution in [0, 0.1) is 5.92 Å². The van der Waals surface area contributed by atoms with Crippen molar-refractivity contribution in [2.24, 2.45) is 5.92 Å². The Morgan fingerprint density at radius 3 is 2.59 bits per heavy atom. The van der Waals surface area contributed by atoms with E-state index in [2.05, 4.69) is 10.6 Å². The number of carbonyl (C=O) groups excluding carboxylic acids is 1. The highest BCUT2D eigenvalue weighted by Gasteiger charge is 2.17. The Bertz CT molecular complexity index is 236. The van der Waals surface area contributed by atoms with Gasteiger partial charge in [-0.25, -0.2) is 0 Å². The molecule has 1 aliphatic heterocycles. The Balaban J connectivity index is 1.47. The number of amides is 1. The van der Waals surface area contributed by atoms with Crippen molar-refractivity contribution in [3.63, 3.8) is 0 Å². The molecule has 1 heterocycles. The first kappa shape index (κ1) is 12.8. The smallest absolute Gasteiger partial charge is 0.234 e. The summed E-state index contributed by atoms with van der Waals surface area (Å²) in [6.07, 6.45) is 7.30. The Hall–Kier alpha value is -0.610. The van der Waals surface area contributed by atoms with Gasteiger partial charge in [-0.05, 0) is 31.7 Å². The van der Waals surface area contributed by atoms with Crippen molar-refractivity contribution in [1.82, 2.24) is 10.6 Å². The molecule has 1 saturated carbocycles. The molecule has 1 saturated heterocycles. The number of rotatable bonds is 6. The molecule has 1 aliphatic carbocycles. The largest absolute Gasteiger partial charge is 0.381 e. The molecule has 0 aromatic carbocycles. The van der Waals surface area contributed by atoms with E-state index >= 15 is 0 Å². The fourth-order valence-electron chi connectivity index (χ4n) is 2.41. The summed E-state index contributed by atoms with van der Waals surface area (Å²) in [5, 5.41) is 6.28. The third-order valence-electron chi connectivity index (χ3n) is 3.83. The highest BCUT2D eigenvalue weighted by atomic mass is 16.5. The first-order valence-corrected chi connectivity index (χ1v) is 6.92. The van der Waals surface area contributed by atoms with Crippen LogP contribution in [-0.2, 0) is 9.53 Å². The molecule has 0 atom stereocenters. The topological polar surface area (TPSA) is 50.4 Å². The van der Waals surface area contributed by atoms with Crippen LogP contribution in [0.15, 0.2) is 0 Å². The Morgan fingerprint density at radius 2 is 1.94 bits per heavy atom. The molecule has 4 heteroatoms. The standard InChI is InChI=1S/C13H24N2O2/c16-13(15-12-5-8-17-9-6-12)10-14-7-4-11-2-1-3-11/h11-12,14H,1-10H2,(H,15,16). The van der Waals surface area contributed by atoms with Gasteiger partial charge in [0.25, 0.3) is 0 Å².